The van der Waals surface area contributed by atoms with Crippen molar-refractivity contribution in [3.63, 3.8) is 0 Å². The molecule has 0 atom stereocenters. The monoisotopic (exact) mass is 326 g/mol. The van der Waals surface area contributed by atoms with Crippen LogP contribution in [-0.2, 0) is 4.74 Å². The molecule has 0 heterocycles. The van der Waals surface area contributed by atoms with E-state index in [-0.39, 0.29) is 0 Å². The van der Waals surface area contributed by atoms with E-state index in [0.29, 0.717) is 0 Å². The molecule has 140 valence electrons. The molecule has 0 aromatic carbocycles. The first-order valence-corrected chi connectivity index (χ1v) is 10.5. The summed E-state index contributed by atoms with van der Waals surface area (Å²) in [5.74, 6) is 0. The zero-order valence-electron chi connectivity index (χ0n) is 16.6. The highest BCUT2D eigenvalue weighted by molar-refractivity contribution is 4.48. The molecular formula is C22H46O. The lowest BCUT2D eigenvalue weighted by Crippen LogP contribution is -1.97. The van der Waals surface area contributed by atoms with Crippen LogP contribution in [0.25, 0.3) is 0 Å². The Hall–Kier alpha value is -0.300. The fourth-order valence-electron chi connectivity index (χ4n) is 2.78. The molecule has 0 spiro atoms. The van der Waals surface area contributed by atoms with Crippen molar-refractivity contribution in [2.45, 2.75) is 117 Å². The summed E-state index contributed by atoms with van der Waals surface area (Å²) < 4.78 is 5.71. The average molecular weight is 327 g/mol. The zero-order valence-corrected chi connectivity index (χ0v) is 16.6. The summed E-state index contributed by atoms with van der Waals surface area (Å²) in [6, 6.07) is 0. The van der Waals surface area contributed by atoms with Crippen LogP contribution in [0.4, 0.5) is 0 Å². The number of hydrogen-bond acceptors (Lipinski definition) is 1. The molecule has 0 saturated carbocycles. The van der Waals surface area contributed by atoms with E-state index in [1.165, 1.54) is 103 Å². The normalized spacial score (nSPS) is 10.3. The van der Waals surface area contributed by atoms with Gasteiger partial charge in [-0.25, -0.2) is 0 Å². The first-order chi connectivity index (χ1) is 11.4. The van der Waals surface area contributed by atoms with Crippen molar-refractivity contribution >= 4 is 0 Å². The minimum atomic E-state index is 0.990. The predicted octanol–water partition coefficient (Wildman–Crippen LogP) is 8.09. The Morgan fingerprint density at radius 3 is 1.00 bits per heavy atom. The molecule has 0 aliphatic rings. The van der Waals surface area contributed by atoms with Gasteiger partial charge < -0.3 is 4.74 Å². The van der Waals surface area contributed by atoms with Crippen LogP contribution in [0.3, 0.4) is 0 Å². The standard InChI is InChI=1S/C20H42O.C2H4/c1-3-5-7-9-11-12-13-14-16-18-20-21-19-17-15-10-8-6-4-2;1-2/h3-20H2,1-2H3;1-2H2. The highest BCUT2D eigenvalue weighted by Gasteiger charge is 1.94. The first-order valence-electron chi connectivity index (χ1n) is 10.5. The Morgan fingerprint density at radius 1 is 0.435 bits per heavy atom. The largest absolute Gasteiger partial charge is 0.381 e. The minimum Gasteiger partial charge on any atom is -0.381 e. The van der Waals surface area contributed by atoms with Gasteiger partial charge in [0.15, 0.2) is 0 Å². The fraction of sp³-hybridized carbons (Fsp3) is 0.909. The van der Waals surface area contributed by atoms with Crippen LogP contribution in [0.1, 0.15) is 117 Å². The summed E-state index contributed by atoms with van der Waals surface area (Å²) in [7, 11) is 0. The lowest BCUT2D eigenvalue weighted by atomic mass is 10.1. The molecule has 0 N–H and O–H groups in total. The van der Waals surface area contributed by atoms with Gasteiger partial charge >= 0.3 is 0 Å². The fourth-order valence-corrected chi connectivity index (χ4v) is 2.78. The lowest BCUT2D eigenvalue weighted by Gasteiger charge is -2.05. The third-order valence-electron chi connectivity index (χ3n) is 4.28. The van der Waals surface area contributed by atoms with E-state index in [2.05, 4.69) is 27.0 Å². The second-order valence-electron chi connectivity index (χ2n) is 6.56. The number of unbranched alkanes of at least 4 members (excludes halogenated alkanes) is 14. The van der Waals surface area contributed by atoms with Crippen molar-refractivity contribution in [1.82, 2.24) is 0 Å². The van der Waals surface area contributed by atoms with Crippen molar-refractivity contribution in [2.75, 3.05) is 13.2 Å². The SMILES string of the molecule is C=C.CCCCCCCCCCCCOCCCCCCCC. The summed E-state index contributed by atoms with van der Waals surface area (Å²) in [5, 5.41) is 0. The molecule has 1 nitrogen and oxygen atoms in total. The Labute approximate surface area is 148 Å². The molecule has 1 heteroatoms. The smallest absolute Gasteiger partial charge is 0.0466 e. The van der Waals surface area contributed by atoms with Crippen molar-refractivity contribution < 1.29 is 4.74 Å². The maximum Gasteiger partial charge on any atom is 0.0466 e. The Kier molecular flexibility index (Phi) is 28.8. The van der Waals surface area contributed by atoms with Crippen LogP contribution >= 0.6 is 0 Å². The summed E-state index contributed by atoms with van der Waals surface area (Å²) >= 11 is 0. The van der Waals surface area contributed by atoms with Gasteiger partial charge in [-0.3, -0.25) is 0 Å². The van der Waals surface area contributed by atoms with E-state index in [1.54, 1.807) is 0 Å². The van der Waals surface area contributed by atoms with Gasteiger partial charge in [0.2, 0.25) is 0 Å². The Balaban J connectivity index is 0. The second kappa shape index (κ2) is 26.6. The quantitative estimate of drug-likeness (QED) is 0.183. The third kappa shape index (κ3) is 26.9. The molecule has 0 aromatic rings. The van der Waals surface area contributed by atoms with E-state index in [0.717, 1.165) is 13.2 Å². The van der Waals surface area contributed by atoms with Crippen molar-refractivity contribution in [2.24, 2.45) is 0 Å². The van der Waals surface area contributed by atoms with Crippen LogP contribution in [-0.4, -0.2) is 13.2 Å². The molecule has 0 fully saturated rings. The predicted molar refractivity (Wildman–Crippen MR) is 107 cm³/mol. The van der Waals surface area contributed by atoms with Gasteiger partial charge in [-0.2, -0.15) is 0 Å². The average Bonchev–Trinajstić information content (AvgIpc) is 2.59. The van der Waals surface area contributed by atoms with Gasteiger partial charge in [-0.15, -0.1) is 13.2 Å². The third-order valence-corrected chi connectivity index (χ3v) is 4.28. The highest BCUT2D eigenvalue weighted by Crippen LogP contribution is 2.10. The Morgan fingerprint density at radius 2 is 0.696 bits per heavy atom. The van der Waals surface area contributed by atoms with Crippen LogP contribution < -0.4 is 0 Å². The van der Waals surface area contributed by atoms with E-state index >= 15 is 0 Å². The molecule has 0 aliphatic carbocycles. The minimum absolute atomic E-state index is 0.990. The maximum absolute atomic E-state index is 5.71. The zero-order chi connectivity index (χ0) is 17.4. The van der Waals surface area contributed by atoms with Gasteiger partial charge in [0.05, 0.1) is 0 Å². The summed E-state index contributed by atoms with van der Waals surface area (Å²) in [4.78, 5) is 0. The molecule has 0 aromatic heterocycles. The lowest BCUT2D eigenvalue weighted by molar-refractivity contribution is 0.125. The molecule has 23 heavy (non-hydrogen) atoms. The summed E-state index contributed by atoms with van der Waals surface area (Å²) in [6.45, 7) is 12.5. The number of rotatable bonds is 18. The Bertz CT molecular complexity index is 161. The second-order valence-corrected chi connectivity index (χ2v) is 6.56. The summed E-state index contributed by atoms with van der Waals surface area (Å²) in [6.07, 6.45) is 22.2. The topological polar surface area (TPSA) is 9.23 Å². The molecule has 0 unspecified atom stereocenters. The number of ether oxygens (including phenoxy) is 1. The van der Waals surface area contributed by atoms with E-state index in [1.807, 2.05) is 0 Å². The maximum atomic E-state index is 5.71. The van der Waals surface area contributed by atoms with Crippen molar-refractivity contribution in [3.05, 3.63) is 13.2 Å². The molecule has 0 rings (SSSR count). The van der Waals surface area contributed by atoms with Gasteiger partial charge in [0.25, 0.3) is 0 Å². The van der Waals surface area contributed by atoms with Gasteiger partial charge in [0, 0.05) is 13.2 Å². The van der Waals surface area contributed by atoms with Crippen molar-refractivity contribution in [1.29, 1.82) is 0 Å². The first kappa shape index (κ1) is 24.9. The van der Waals surface area contributed by atoms with Gasteiger partial charge in [0.1, 0.15) is 0 Å². The van der Waals surface area contributed by atoms with E-state index in [4.69, 9.17) is 4.74 Å². The molecule has 0 bridgehead atoms. The molecule has 0 radical (unpaired) electrons. The van der Waals surface area contributed by atoms with Crippen LogP contribution in [0.2, 0.25) is 0 Å². The van der Waals surface area contributed by atoms with Gasteiger partial charge in [-0.1, -0.05) is 104 Å². The van der Waals surface area contributed by atoms with Crippen molar-refractivity contribution in [3.8, 4) is 0 Å². The van der Waals surface area contributed by atoms with Crippen LogP contribution in [0, 0.1) is 0 Å². The van der Waals surface area contributed by atoms with Crippen LogP contribution in [0.5, 0.6) is 0 Å². The van der Waals surface area contributed by atoms with E-state index in [9.17, 15) is 0 Å². The highest BCUT2D eigenvalue weighted by atomic mass is 16.5. The molecular weight excluding hydrogens is 280 g/mol. The van der Waals surface area contributed by atoms with Crippen LogP contribution in [0.15, 0.2) is 13.2 Å². The van der Waals surface area contributed by atoms with Gasteiger partial charge in [-0.05, 0) is 12.8 Å². The number of hydrogen-bond donors (Lipinski definition) is 0. The molecule has 0 saturated heterocycles. The van der Waals surface area contributed by atoms with E-state index < -0.39 is 0 Å². The molecule has 0 aliphatic heterocycles. The summed E-state index contributed by atoms with van der Waals surface area (Å²) in [5.41, 5.74) is 0. The molecule has 0 amide bonds.